The van der Waals surface area contributed by atoms with Gasteiger partial charge in [0.05, 0.1) is 19.8 Å². The van der Waals surface area contributed by atoms with Crippen LogP contribution in [0.1, 0.15) is 96.8 Å². The van der Waals surface area contributed by atoms with E-state index >= 15 is 0 Å². The van der Waals surface area contributed by atoms with E-state index in [0.29, 0.717) is 19.2 Å². The molecule has 2 aliphatic rings. The summed E-state index contributed by atoms with van der Waals surface area (Å²) in [6.07, 6.45) is 4.05. The number of amides is 1. The van der Waals surface area contributed by atoms with E-state index < -0.39 is 5.60 Å². The predicted octanol–water partition coefficient (Wildman–Crippen LogP) is 8.83. The maximum Gasteiger partial charge on any atom is 0.407 e. The van der Waals surface area contributed by atoms with E-state index in [1.54, 1.807) is 0 Å². The van der Waals surface area contributed by atoms with Crippen molar-refractivity contribution in [3.05, 3.63) is 101 Å². The first kappa shape index (κ1) is 43.0. The molecule has 0 saturated carbocycles. The summed E-state index contributed by atoms with van der Waals surface area (Å²) >= 11 is 0. The summed E-state index contributed by atoms with van der Waals surface area (Å²) in [7, 11) is 0. The summed E-state index contributed by atoms with van der Waals surface area (Å²) in [5.74, 6) is 0.164. The number of nitrogens with zero attached hydrogens (tertiary/aromatic N) is 1. The molecule has 1 fully saturated rings. The number of carbonyl (C=O) groups excluding carboxylic acids is 1. The minimum absolute atomic E-state index is 0. The number of aliphatic hydroxyl groups is 1. The van der Waals surface area contributed by atoms with Crippen LogP contribution in [0.25, 0.3) is 16.4 Å². The number of alkyl carbamates (subject to hydrolysis) is 1. The zero-order chi connectivity index (χ0) is 35.2. The Morgan fingerprint density at radius 2 is 1.41 bits per heavy atom. The largest absolute Gasteiger partial charge is 0.662 e. The molecule has 1 unspecified atom stereocenters. The van der Waals surface area contributed by atoms with Gasteiger partial charge in [0.1, 0.15) is 5.60 Å². The second-order valence-electron chi connectivity index (χ2n) is 15.5. The van der Waals surface area contributed by atoms with Crippen LogP contribution in [0.5, 0.6) is 0 Å². The maximum absolute atomic E-state index is 11.2. The summed E-state index contributed by atoms with van der Waals surface area (Å²) in [6, 6.07) is 27.6. The van der Waals surface area contributed by atoms with Crippen molar-refractivity contribution in [3.8, 4) is 11.1 Å². The van der Waals surface area contributed by atoms with Crippen LogP contribution in [0.3, 0.4) is 0 Å². The number of nitrogens with one attached hydrogen (secondary N) is 1. The summed E-state index contributed by atoms with van der Waals surface area (Å²) in [6.45, 7) is 18.6. The molecule has 0 aromatic heterocycles. The Labute approximate surface area is 321 Å². The molecule has 1 atom stereocenters. The van der Waals surface area contributed by atoms with Gasteiger partial charge in [-0.05, 0) is 78.8 Å². The van der Waals surface area contributed by atoms with Crippen molar-refractivity contribution in [2.45, 2.75) is 98.3 Å². The van der Waals surface area contributed by atoms with Crippen LogP contribution >= 0.6 is 0 Å². The van der Waals surface area contributed by atoms with Crippen molar-refractivity contribution in [2.24, 2.45) is 16.6 Å². The fourth-order valence-corrected chi connectivity index (χ4v) is 6.16. The van der Waals surface area contributed by atoms with E-state index in [0.717, 1.165) is 45.4 Å². The van der Waals surface area contributed by atoms with Crippen LogP contribution in [0.15, 0.2) is 78.9 Å². The van der Waals surface area contributed by atoms with E-state index in [2.05, 4.69) is 86.9 Å². The smallest absolute Gasteiger partial charge is 0.407 e. The first-order chi connectivity index (χ1) is 22.7. The Morgan fingerprint density at radius 1 is 0.857 bits per heavy atom. The fourth-order valence-electron chi connectivity index (χ4n) is 6.16. The Kier molecular flexibility index (Phi) is 18.1. The molecular weight excluding hydrogens is 687 g/mol. The third kappa shape index (κ3) is 16.2. The minimum Gasteiger partial charge on any atom is -0.662 e. The third-order valence-corrected chi connectivity index (χ3v) is 8.33. The van der Waals surface area contributed by atoms with Gasteiger partial charge in [0, 0.05) is 45.2 Å². The van der Waals surface area contributed by atoms with Crippen LogP contribution in [-0.2, 0) is 48.8 Å². The second-order valence-corrected chi connectivity index (χ2v) is 15.5. The molecule has 4 N–H and O–H groups in total. The molecule has 0 spiro atoms. The molecule has 49 heavy (non-hydrogen) atoms. The number of rotatable bonds is 13. The van der Waals surface area contributed by atoms with Gasteiger partial charge in [-0.3, -0.25) is 0 Å². The van der Waals surface area contributed by atoms with Gasteiger partial charge < -0.3 is 30.9 Å². The normalized spacial score (nSPS) is 14.9. The van der Waals surface area contributed by atoms with Crippen LogP contribution in [0, 0.1) is 10.8 Å². The molecule has 1 saturated heterocycles. The van der Waals surface area contributed by atoms with Gasteiger partial charge in [-0.15, -0.1) is 0 Å². The number of ether oxygens (including phenoxy) is 2. The van der Waals surface area contributed by atoms with E-state index in [9.17, 15) is 9.90 Å². The molecule has 0 bridgehead atoms. The Morgan fingerprint density at radius 3 is 1.92 bits per heavy atom. The number of unbranched alkanes of at least 4 members (excludes halogenated alkanes) is 1. The Bertz CT molecular complexity index is 1340. The van der Waals surface area contributed by atoms with Crippen molar-refractivity contribution in [1.29, 1.82) is 0 Å². The molecule has 7 nitrogen and oxygen atoms in total. The fraction of sp³-hybridized carbons (Fsp3) is 0.537. The molecule has 1 aliphatic carbocycles. The van der Waals surface area contributed by atoms with Gasteiger partial charge in [-0.2, -0.15) is 12.6 Å². The van der Waals surface area contributed by atoms with Crippen molar-refractivity contribution >= 4 is 6.09 Å². The van der Waals surface area contributed by atoms with Crippen LogP contribution in [0.4, 0.5) is 4.79 Å². The third-order valence-electron chi connectivity index (χ3n) is 8.33. The quantitative estimate of drug-likeness (QED) is 0.120. The molecule has 3 aromatic carbocycles. The van der Waals surface area contributed by atoms with Gasteiger partial charge in [0.25, 0.3) is 0 Å². The van der Waals surface area contributed by atoms with Gasteiger partial charge in [-0.25, -0.2) is 4.79 Å². The summed E-state index contributed by atoms with van der Waals surface area (Å²) in [4.78, 5) is 11.2. The minimum atomic E-state index is -0.406. The molecule has 5 rings (SSSR count). The van der Waals surface area contributed by atoms with E-state index in [4.69, 9.17) is 15.2 Å². The number of nitrogens with two attached hydrogens (primary N) is 1. The van der Waals surface area contributed by atoms with Crippen molar-refractivity contribution < 1.29 is 52.1 Å². The topological polar surface area (TPSA) is 108 Å². The summed E-state index contributed by atoms with van der Waals surface area (Å²) in [5.41, 5.74) is 12.0. The molecule has 1 heterocycles. The van der Waals surface area contributed by atoms with Gasteiger partial charge in [0.15, 0.2) is 0 Å². The van der Waals surface area contributed by atoms with Crippen LogP contribution in [-0.4, -0.2) is 55.7 Å². The SMILES string of the molecule is CC(C)(C)OC(=O)NCCCCC1C[N-]1.CC(C)(CN)CC(C)(C)COCc1ccccc1.OCC1c2ccccc2-c2ccccc21.[Y]. The number of benzene rings is 3. The first-order valence-corrected chi connectivity index (χ1v) is 17.5. The van der Waals surface area contributed by atoms with Gasteiger partial charge in [-0.1, -0.05) is 119 Å². The summed E-state index contributed by atoms with van der Waals surface area (Å²) in [5, 5.41) is 16.4. The van der Waals surface area contributed by atoms with Crippen molar-refractivity contribution in [3.63, 3.8) is 0 Å². The standard InChI is InChI=1S/C16H27NO.C14H12O.C11H21N2O2.Y/c1-15(2,12-17)11-16(3,4)13-18-10-14-8-6-5-7-9-14;15-9-14-12-7-3-1-5-10(12)11-6-2-4-8-13(11)14;1-11(2,3)15-10(14)12-7-5-4-6-9-8-13-9;/h5-9H,10-13,17H2,1-4H3;1-8,14-15H,9H2;9H,4-8H2,1-3H3,(H,12,14);/q;;-1;. The zero-order valence-corrected chi connectivity index (χ0v) is 33.8. The maximum atomic E-state index is 11.2. The Balaban J connectivity index is 0.000000254. The van der Waals surface area contributed by atoms with E-state index in [-0.39, 0.29) is 62.2 Å². The molecule has 1 amide bonds. The molecule has 1 aliphatic heterocycles. The van der Waals surface area contributed by atoms with Crippen molar-refractivity contribution in [1.82, 2.24) is 5.32 Å². The van der Waals surface area contributed by atoms with E-state index in [1.807, 2.05) is 51.1 Å². The number of hydrogen-bond acceptors (Lipinski definition) is 5. The molecule has 267 valence electrons. The van der Waals surface area contributed by atoms with E-state index in [1.165, 1.54) is 27.8 Å². The Hall–Kier alpha value is -2.13. The zero-order valence-electron chi connectivity index (χ0n) is 31.0. The van der Waals surface area contributed by atoms with Gasteiger partial charge in [0.2, 0.25) is 0 Å². The molecular formula is C41H60N3O4Y-. The molecule has 8 heteroatoms. The number of carbonyl (C=O) groups is 1. The summed E-state index contributed by atoms with van der Waals surface area (Å²) < 4.78 is 10.9. The van der Waals surface area contributed by atoms with Crippen LogP contribution in [0.2, 0.25) is 0 Å². The molecule has 3 aromatic rings. The number of hydrogen-bond donors (Lipinski definition) is 3. The monoisotopic (exact) mass is 747 g/mol. The van der Waals surface area contributed by atoms with Crippen molar-refractivity contribution in [2.75, 3.05) is 32.8 Å². The average molecular weight is 748 g/mol. The average Bonchev–Trinajstić information content (AvgIpc) is 3.80. The number of fused-ring (bicyclic) bond motifs is 3. The molecule has 1 radical (unpaired) electrons. The van der Waals surface area contributed by atoms with Crippen LogP contribution < -0.4 is 11.1 Å². The first-order valence-electron chi connectivity index (χ1n) is 17.5. The predicted molar refractivity (Wildman–Crippen MR) is 198 cm³/mol. The number of aliphatic hydroxyl groups excluding tert-OH is 1. The second kappa shape index (κ2) is 20.7. The van der Waals surface area contributed by atoms with Gasteiger partial charge >= 0.3 is 6.09 Å².